The summed E-state index contributed by atoms with van der Waals surface area (Å²) in [5.74, 6) is -2.81. The molecule has 2 aromatic carbocycles. The number of carbonyl (C=O) groups is 3. The molecule has 8 nitrogen and oxygen atoms in total. The lowest BCUT2D eigenvalue weighted by atomic mass is 10.2. The van der Waals surface area contributed by atoms with E-state index in [2.05, 4.69) is 10.9 Å². The zero-order valence-corrected chi connectivity index (χ0v) is 17.2. The third-order valence-corrected chi connectivity index (χ3v) is 5.95. The lowest BCUT2D eigenvalue weighted by molar-refractivity contribution is -0.148. The molecule has 0 aliphatic rings. The maximum absolute atomic E-state index is 12.3. The van der Waals surface area contributed by atoms with Crippen molar-refractivity contribution in [1.29, 1.82) is 0 Å². The third-order valence-electron chi connectivity index (χ3n) is 3.52. The van der Waals surface area contributed by atoms with E-state index in [9.17, 15) is 22.8 Å². The van der Waals surface area contributed by atoms with E-state index < -0.39 is 46.4 Å². The van der Waals surface area contributed by atoms with Gasteiger partial charge in [0.15, 0.2) is 16.4 Å². The molecule has 0 saturated carbocycles. The molecule has 0 heterocycles. The summed E-state index contributed by atoms with van der Waals surface area (Å²) in [5, 5.41) is 0.168. The van der Waals surface area contributed by atoms with Gasteiger partial charge in [-0.25, -0.2) is 8.42 Å². The molecule has 2 rings (SSSR count). The van der Waals surface area contributed by atoms with E-state index in [-0.39, 0.29) is 14.9 Å². The molecule has 0 saturated heterocycles. The molecule has 2 aromatic rings. The molecule has 2 amide bonds. The molecule has 2 N–H and O–H groups in total. The number of ether oxygens (including phenoxy) is 1. The number of hydrogen-bond donors (Lipinski definition) is 2. The van der Waals surface area contributed by atoms with E-state index in [1.807, 2.05) is 0 Å². The summed E-state index contributed by atoms with van der Waals surface area (Å²) < 4.78 is 29.3. The number of sulfone groups is 1. The van der Waals surface area contributed by atoms with Crippen molar-refractivity contribution >= 4 is 50.8 Å². The minimum absolute atomic E-state index is 0.0173. The summed E-state index contributed by atoms with van der Waals surface area (Å²) in [4.78, 5) is 34.9. The van der Waals surface area contributed by atoms with Gasteiger partial charge in [0.1, 0.15) is 0 Å². The van der Waals surface area contributed by atoms with E-state index >= 15 is 0 Å². The van der Waals surface area contributed by atoms with E-state index in [0.29, 0.717) is 5.56 Å². The van der Waals surface area contributed by atoms with Gasteiger partial charge in [0.05, 0.1) is 22.1 Å². The van der Waals surface area contributed by atoms with Crippen LogP contribution in [0.3, 0.4) is 0 Å². The van der Waals surface area contributed by atoms with Crippen LogP contribution in [0.5, 0.6) is 0 Å². The van der Waals surface area contributed by atoms with Crippen molar-refractivity contribution in [3.63, 3.8) is 0 Å². The van der Waals surface area contributed by atoms with Crippen LogP contribution in [0.15, 0.2) is 53.4 Å². The molecule has 0 aliphatic heterocycles. The van der Waals surface area contributed by atoms with Crippen molar-refractivity contribution in [2.24, 2.45) is 0 Å². The molecule has 0 spiro atoms. The second kappa shape index (κ2) is 10.2. The number of rotatable bonds is 7. The first-order chi connectivity index (χ1) is 13.7. The monoisotopic (exact) mass is 458 g/mol. The van der Waals surface area contributed by atoms with E-state index in [1.54, 1.807) is 30.3 Å². The van der Waals surface area contributed by atoms with Gasteiger partial charge in [0, 0.05) is 10.6 Å². The Kier molecular flexibility index (Phi) is 8.00. The number of benzene rings is 2. The lowest BCUT2D eigenvalue weighted by Gasteiger charge is -2.09. The van der Waals surface area contributed by atoms with Crippen LogP contribution in [-0.4, -0.2) is 38.6 Å². The Morgan fingerprint density at radius 3 is 2.34 bits per heavy atom. The minimum atomic E-state index is -3.87. The summed E-state index contributed by atoms with van der Waals surface area (Å²) in [6, 6.07) is 12.1. The van der Waals surface area contributed by atoms with Crippen LogP contribution in [0.2, 0.25) is 10.0 Å². The summed E-state index contributed by atoms with van der Waals surface area (Å²) in [7, 11) is -3.87. The van der Waals surface area contributed by atoms with Crippen molar-refractivity contribution in [3.8, 4) is 0 Å². The molecular weight excluding hydrogens is 443 g/mol. The highest BCUT2D eigenvalue weighted by atomic mass is 35.5. The maximum Gasteiger partial charge on any atom is 0.307 e. The SMILES string of the molecule is O=C(COC(=O)CCS(=O)(=O)c1cc(Cl)ccc1Cl)NNC(=O)c1ccccc1. The molecule has 0 aliphatic carbocycles. The van der Waals surface area contributed by atoms with Gasteiger partial charge in [-0.15, -0.1) is 0 Å². The van der Waals surface area contributed by atoms with Crippen LogP contribution in [0.1, 0.15) is 16.8 Å². The quantitative estimate of drug-likeness (QED) is 0.484. The van der Waals surface area contributed by atoms with Gasteiger partial charge in [0.25, 0.3) is 11.8 Å². The van der Waals surface area contributed by atoms with E-state index in [4.69, 9.17) is 27.9 Å². The molecule has 11 heteroatoms. The standard InChI is InChI=1S/C18H16Cl2N2O6S/c19-13-6-7-14(20)15(10-13)29(26,27)9-8-17(24)28-11-16(23)21-22-18(25)12-4-2-1-3-5-12/h1-7,10H,8-9,11H2,(H,21,23)(H,22,25). The Labute approximate surface area is 177 Å². The van der Waals surface area contributed by atoms with Gasteiger partial charge in [0.2, 0.25) is 0 Å². The first-order valence-electron chi connectivity index (χ1n) is 8.17. The zero-order chi connectivity index (χ0) is 21.4. The highest BCUT2D eigenvalue weighted by Gasteiger charge is 2.21. The molecule has 29 heavy (non-hydrogen) atoms. The molecule has 154 valence electrons. The molecule has 0 unspecified atom stereocenters. The lowest BCUT2D eigenvalue weighted by Crippen LogP contribution is -2.43. The number of amides is 2. The highest BCUT2D eigenvalue weighted by molar-refractivity contribution is 7.91. The van der Waals surface area contributed by atoms with Crippen LogP contribution in [-0.2, 0) is 24.2 Å². The normalized spacial score (nSPS) is 10.8. The first-order valence-corrected chi connectivity index (χ1v) is 10.6. The van der Waals surface area contributed by atoms with Gasteiger partial charge in [-0.2, -0.15) is 0 Å². The molecular formula is C18H16Cl2N2O6S. The first kappa shape index (κ1) is 22.7. The minimum Gasteiger partial charge on any atom is -0.455 e. The molecule has 0 atom stereocenters. The number of carbonyl (C=O) groups excluding carboxylic acids is 3. The summed E-state index contributed by atoms with van der Waals surface area (Å²) in [6.45, 7) is -0.689. The number of hydrazine groups is 1. The Balaban J connectivity index is 1.77. The maximum atomic E-state index is 12.3. The number of esters is 1. The summed E-state index contributed by atoms with van der Waals surface area (Å²) in [5.41, 5.74) is 4.57. The van der Waals surface area contributed by atoms with Crippen LogP contribution in [0.25, 0.3) is 0 Å². The Morgan fingerprint density at radius 2 is 1.66 bits per heavy atom. The second-order valence-electron chi connectivity index (χ2n) is 5.67. The van der Waals surface area contributed by atoms with Crippen molar-refractivity contribution in [3.05, 3.63) is 64.1 Å². The predicted molar refractivity (Wildman–Crippen MR) is 106 cm³/mol. The third kappa shape index (κ3) is 7.04. The second-order valence-corrected chi connectivity index (χ2v) is 8.59. The van der Waals surface area contributed by atoms with Crippen molar-refractivity contribution < 1.29 is 27.5 Å². The van der Waals surface area contributed by atoms with Crippen LogP contribution in [0.4, 0.5) is 0 Å². The molecule has 0 radical (unpaired) electrons. The Bertz CT molecular complexity index is 1010. The van der Waals surface area contributed by atoms with Gasteiger partial charge in [-0.3, -0.25) is 25.2 Å². The van der Waals surface area contributed by atoms with Crippen molar-refractivity contribution in [1.82, 2.24) is 10.9 Å². The van der Waals surface area contributed by atoms with E-state index in [0.717, 1.165) is 0 Å². The largest absolute Gasteiger partial charge is 0.455 e. The van der Waals surface area contributed by atoms with Crippen molar-refractivity contribution in [2.75, 3.05) is 12.4 Å². The Hall–Kier alpha value is -2.62. The molecule has 0 fully saturated rings. The number of halogens is 2. The smallest absolute Gasteiger partial charge is 0.307 e. The predicted octanol–water partition coefficient (Wildman–Crippen LogP) is 2.16. The molecule has 0 bridgehead atoms. The number of hydrogen-bond acceptors (Lipinski definition) is 6. The highest BCUT2D eigenvalue weighted by Crippen LogP contribution is 2.26. The Morgan fingerprint density at radius 1 is 0.966 bits per heavy atom. The summed E-state index contributed by atoms with van der Waals surface area (Å²) in [6.07, 6.45) is -0.491. The average molecular weight is 459 g/mol. The van der Waals surface area contributed by atoms with Gasteiger partial charge in [-0.1, -0.05) is 41.4 Å². The van der Waals surface area contributed by atoms with Gasteiger partial charge >= 0.3 is 5.97 Å². The van der Waals surface area contributed by atoms with Crippen LogP contribution in [0, 0.1) is 0 Å². The average Bonchev–Trinajstić information content (AvgIpc) is 2.71. The molecule has 0 aromatic heterocycles. The summed E-state index contributed by atoms with van der Waals surface area (Å²) >= 11 is 11.6. The van der Waals surface area contributed by atoms with Crippen LogP contribution >= 0.6 is 23.2 Å². The zero-order valence-electron chi connectivity index (χ0n) is 14.9. The van der Waals surface area contributed by atoms with Gasteiger partial charge < -0.3 is 4.74 Å². The van der Waals surface area contributed by atoms with Gasteiger partial charge in [-0.05, 0) is 30.3 Å². The van der Waals surface area contributed by atoms with E-state index in [1.165, 1.54) is 18.2 Å². The number of nitrogens with one attached hydrogen (secondary N) is 2. The van der Waals surface area contributed by atoms with Crippen LogP contribution < -0.4 is 10.9 Å². The van der Waals surface area contributed by atoms with Crippen molar-refractivity contribution in [2.45, 2.75) is 11.3 Å². The fourth-order valence-corrected chi connectivity index (χ4v) is 4.12. The topological polar surface area (TPSA) is 119 Å². The fourth-order valence-electron chi connectivity index (χ4n) is 2.09. The fraction of sp³-hybridized carbons (Fsp3) is 0.167.